The summed E-state index contributed by atoms with van der Waals surface area (Å²) in [5, 5.41) is 13.9. The van der Waals surface area contributed by atoms with E-state index in [4.69, 9.17) is 14.2 Å². The van der Waals surface area contributed by atoms with Gasteiger partial charge in [0.1, 0.15) is 5.75 Å². The Hall–Kier alpha value is -3.22. The fourth-order valence-corrected chi connectivity index (χ4v) is 2.50. The van der Waals surface area contributed by atoms with Gasteiger partial charge in [0, 0.05) is 11.6 Å². The van der Waals surface area contributed by atoms with Gasteiger partial charge in [-0.2, -0.15) is 0 Å². The molecule has 7 heteroatoms. The van der Waals surface area contributed by atoms with Crippen LogP contribution in [0.1, 0.15) is 21.5 Å². The molecule has 0 spiro atoms. The molecule has 7 nitrogen and oxygen atoms in total. The number of nitrogens with one attached hydrogen (secondary N) is 1. The summed E-state index contributed by atoms with van der Waals surface area (Å²) in [5.41, 5.74) is 1.62. The van der Waals surface area contributed by atoms with E-state index in [1.165, 1.54) is 26.4 Å². The van der Waals surface area contributed by atoms with Crippen LogP contribution in [0, 0.1) is 13.8 Å². The average molecular weight is 358 g/mol. The first-order valence-corrected chi connectivity index (χ1v) is 7.83. The standard InChI is InChI=1S/C19H21NO6/c1-11-6-5-7-12(2)18(11)26-10-17(21)20-14-9-16(25-4)15(24-3)8-13(14)19(22)23/h5-9H,10H2,1-4H3,(H,20,21)(H,22,23)/p-1. The monoisotopic (exact) mass is 358 g/mol. The fraction of sp³-hybridized carbons (Fsp3) is 0.263. The molecule has 0 unspecified atom stereocenters. The van der Waals surface area contributed by atoms with Gasteiger partial charge in [-0.15, -0.1) is 0 Å². The van der Waals surface area contributed by atoms with Crippen molar-refractivity contribution in [1.29, 1.82) is 0 Å². The SMILES string of the molecule is COc1cc(NC(=O)COc2c(C)cccc2C)c(C(=O)[O-])cc1OC. The Kier molecular flexibility index (Phi) is 6.06. The van der Waals surface area contributed by atoms with Gasteiger partial charge < -0.3 is 29.4 Å². The summed E-state index contributed by atoms with van der Waals surface area (Å²) in [5.74, 6) is -0.839. The van der Waals surface area contributed by atoms with Crippen LogP contribution in [0.3, 0.4) is 0 Å². The van der Waals surface area contributed by atoms with E-state index in [9.17, 15) is 14.7 Å². The Morgan fingerprint density at radius 1 is 1.04 bits per heavy atom. The number of aryl methyl sites for hydroxylation is 2. The minimum atomic E-state index is -1.45. The van der Waals surface area contributed by atoms with Gasteiger partial charge in [0.2, 0.25) is 0 Å². The number of para-hydroxylation sites is 1. The van der Waals surface area contributed by atoms with E-state index in [2.05, 4.69) is 5.32 Å². The Morgan fingerprint density at radius 2 is 1.62 bits per heavy atom. The first kappa shape index (κ1) is 19.1. The second-order valence-corrected chi connectivity index (χ2v) is 5.60. The minimum absolute atomic E-state index is 0.0396. The molecule has 0 aliphatic rings. The molecule has 0 aromatic heterocycles. The zero-order chi connectivity index (χ0) is 19.3. The Bertz CT molecular complexity index is 811. The van der Waals surface area contributed by atoms with E-state index in [0.717, 1.165) is 11.1 Å². The van der Waals surface area contributed by atoms with E-state index in [1.807, 2.05) is 32.0 Å². The summed E-state index contributed by atoms with van der Waals surface area (Å²) in [6.45, 7) is 3.48. The smallest absolute Gasteiger partial charge is 0.262 e. The molecular weight excluding hydrogens is 338 g/mol. The number of amides is 1. The third-order valence-electron chi connectivity index (χ3n) is 3.77. The molecule has 2 aromatic carbocycles. The van der Waals surface area contributed by atoms with Crippen LogP contribution in [-0.4, -0.2) is 32.7 Å². The maximum absolute atomic E-state index is 12.2. The van der Waals surface area contributed by atoms with Crippen LogP contribution in [0.15, 0.2) is 30.3 Å². The average Bonchev–Trinajstić information content (AvgIpc) is 2.60. The van der Waals surface area contributed by atoms with Crippen molar-refractivity contribution in [2.75, 3.05) is 26.1 Å². The van der Waals surface area contributed by atoms with E-state index in [0.29, 0.717) is 5.75 Å². The van der Waals surface area contributed by atoms with Gasteiger partial charge in [0.15, 0.2) is 18.1 Å². The van der Waals surface area contributed by atoms with Crippen LogP contribution in [0.5, 0.6) is 17.2 Å². The first-order valence-electron chi connectivity index (χ1n) is 7.83. The molecule has 0 saturated heterocycles. The molecule has 0 radical (unpaired) electrons. The summed E-state index contributed by atoms with van der Waals surface area (Å²) in [6, 6.07) is 8.25. The zero-order valence-electron chi connectivity index (χ0n) is 15.0. The maximum atomic E-state index is 12.2. The molecule has 0 bridgehead atoms. The highest BCUT2D eigenvalue weighted by Gasteiger charge is 2.15. The molecule has 1 N–H and O–H groups in total. The Morgan fingerprint density at radius 3 is 2.15 bits per heavy atom. The third kappa shape index (κ3) is 4.24. The lowest BCUT2D eigenvalue weighted by atomic mass is 10.1. The van der Waals surface area contributed by atoms with Gasteiger partial charge >= 0.3 is 0 Å². The van der Waals surface area contributed by atoms with Crippen LogP contribution in [0.2, 0.25) is 0 Å². The van der Waals surface area contributed by atoms with Crippen molar-refractivity contribution < 1.29 is 28.9 Å². The molecule has 26 heavy (non-hydrogen) atoms. The summed E-state index contributed by atoms with van der Waals surface area (Å²) >= 11 is 0. The van der Waals surface area contributed by atoms with Crippen LogP contribution >= 0.6 is 0 Å². The number of aromatic carboxylic acids is 1. The van der Waals surface area contributed by atoms with Gasteiger partial charge in [-0.25, -0.2) is 0 Å². The predicted molar refractivity (Wildman–Crippen MR) is 93.9 cm³/mol. The molecule has 0 aliphatic heterocycles. The van der Waals surface area contributed by atoms with E-state index < -0.39 is 11.9 Å². The lowest BCUT2D eigenvalue weighted by Crippen LogP contribution is -2.26. The van der Waals surface area contributed by atoms with Crippen LogP contribution in [0.4, 0.5) is 5.69 Å². The molecular formula is C19H20NO6-. The largest absolute Gasteiger partial charge is 0.545 e. The summed E-state index contributed by atoms with van der Waals surface area (Å²) in [6.07, 6.45) is 0. The summed E-state index contributed by atoms with van der Waals surface area (Å²) < 4.78 is 15.8. The Labute approximate surface area is 151 Å². The number of benzene rings is 2. The number of hydrogen-bond donors (Lipinski definition) is 1. The summed E-state index contributed by atoms with van der Waals surface area (Å²) in [7, 11) is 2.79. The number of ether oxygens (including phenoxy) is 3. The molecule has 0 fully saturated rings. The Balaban J connectivity index is 2.19. The zero-order valence-corrected chi connectivity index (χ0v) is 15.0. The second kappa shape index (κ2) is 8.24. The van der Waals surface area contributed by atoms with E-state index in [1.54, 1.807) is 0 Å². The number of carboxylic acids is 1. The maximum Gasteiger partial charge on any atom is 0.262 e. The number of carbonyl (C=O) groups is 2. The van der Waals surface area contributed by atoms with Crippen molar-refractivity contribution in [3.63, 3.8) is 0 Å². The van der Waals surface area contributed by atoms with Gasteiger partial charge in [-0.3, -0.25) is 4.79 Å². The van der Waals surface area contributed by atoms with Crippen molar-refractivity contribution in [3.05, 3.63) is 47.0 Å². The molecule has 0 heterocycles. The van der Waals surface area contributed by atoms with Gasteiger partial charge in [-0.05, 0) is 31.0 Å². The molecule has 138 valence electrons. The number of hydrogen-bond acceptors (Lipinski definition) is 6. The van der Waals surface area contributed by atoms with Gasteiger partial charge in [-0.1, -0.05) is 18.2 Å². The molecule has 1 amide bonds. The highest BCUT2D eigenvalue weighted by molar-refractivity contribution is 6.01. The van der Waals surface area contributed by atoms with E-state index in [-0.39, 0.29) is 29.4 Å². The van der Waals surface area contributed by atoms with Gasteiger partial charge in [0.25, 0.3) is 5.91 Å². The van der Waals surface area contributed by atoms with Crippen LogP contribution < -0.4 is 24.6 Å². The lowest BCUT2D eigenvalue weighted by molar-refractivity contribution is -0.254. The molecule has 0 atom stereocenters. The second-order valence-electron chi connectivity index (χ2n) is 5.60. The van der Waals surface area contributed by atoms with Crippen LogP contribution in [-0.2, 0) is 4.79 Å². The van der Waals surface area contributed by atoms with Crippen molar-refractivity contribution in [2.24, 2.45) is 0 Å². The van der Waals surface area contributed by atoms with E-state index >= 15 is 0 Å². The summed E-state index contributed by atoms with van der Waals surface area (Å²) in [4.78, 5) is 23.6. The first-order chi connectivity index (χ1) is 12.4. The van der Waals surface area contributed by atoms with Crippen molar-refractivity contribution >= 4 is 17.6 Å². The minimum Gasteiger partial charge on any atom is -0.545 e. The van der Waals surface area contributed by atoms with Crippen LogP contribution in [0.25, 0.3) is 0 Å². The highest BCUT2D eigenvalue weighted by atomic mass is 16.5. The number of carboxylic acid groups (broad SMARTS) is 1. The quantitative estimate of drug-likeness (QED) is 0.809. The van der Waals surface area contributed by atoms with Crippen molar-refractivity contribution in [2.45, 2.75) is 13.8 Å². The lowest BCUT2D eigenvalue weighted by Gasteiger charge is -2.17. The van der Waals surface area contributed by atoms with Crippen molar-refractivity contribution in [3.8, 4) is 17.2 Å². The molecule has 2 rings (SSSR count). The third-order valence-corrected chi connectivity index (χ3v) is 3.77. The topological polar surface area (TPSA) is 96.9 Å². The molecule has 2 aromatic rings. The fourth-order valence-electron chi connectivity index (χ4n) is 2.50. The number of methoxy groups -OCH3 is 2. The highest BCUT2D eigenvalue weighted by Crippen LogP contribution is 2.33. The number of rotatable bonds is 7. The van der Waals surface area contributed by atoms with Crippen molar-refractivity contribution in [1.82, 2.24) is 0 Å². The normalized spacial score (nSPS) is 10.2. The van der Waals surface area contributed by atoms with Gasteiger partial charge in [0.05, 0.1) is 25.9 Å². The number of carbonyl (C=O) groups excluding carboxylic acids is 2. The number of anilines is 1. The predicted octanol–water partition coefficient (Wildman–Crippen LogP) is 1.70. The molecule has 0 saturated carbocycles. The molecule has 0 aliphatic carbocycles.